The van der Waals surface area contributed by atoms with Gasteiger partial charge in [-0.25, -0.2) is 4.79 Å². The number of aromatic amines is 1. The highest BCUT2D eigenvalue weighted by Gasteiger charge is 2.32. The summed E-state index contributed by atoms with van der Waals surface area (Å²) >= 11 is 0. The van der Waals surface area contributed by atoms with E-state index >= 15 is 0 Å². The van der Waals surface area contributed by atoms with Gasteiger partial charge in [0, 0.05) is 43.3 Å². The standard InChI is InChI=1S/C26H27N5O7/c1-27-20(22(33)26(37)38)23(34)29-18-9-5-8-16-17(14-28-19(16)18)21(32)25(36)31-12-10-30(11-13-31)24(35)15-6-3-2-4-7-15/h2-9,14,20,22,27-28,33H,10-13H2,1H3,(H,29,34)(H,37,38). The number of aliphatic hydroxyl groups excluding tert-OH is 1. The Morgan fingerprint density at radius 2 is 1.58 bits per heavy atom. The average molecular weight is 522 g/mol. The first-order valence-electron chi connectivity index (χ1n) is 11.9. The van der Waals surface area contributed by atoms with Crippen LogP contribution in [-0.4, -0.2) is 99.8 Å². The molecule has 3 aromatic rings. The number of aliphatic carboxylic acids is 1. The minimum absolute atomic E-state index is 0.111. The number of H-pyrrole nitrogens is 1. The second kappa shape index (κ2) is 11.2. The van der Waals surface area contributed by atoms with E-state index in [1.54, 1.807) is 41.3 Å². The lowest BCUT2D eigenvalue weighted by molar-refractivity contribution is -0.150. The number of piperazine rings is 1. The van der Waals surface area contributed by atoms with Gasteiger partial charge in [0.05, 0.1) is 16.8 Å². The summed E-state index contributed by atoms with van der Waals surface area (Å²) in [4.78, 5) is 68.4. The fraction of sp³-hybridized carbons (Fsp3) is 0.269. The van der Waals surface area contributed by atoms with Crippen molar-refractivity contribution in [1.82, 2.24) is 20.1 Å². The van der Waals surface area contributed by atoms with Crippen LogP contribution >= 0.6 is 0 Å². The van der Waals surface area contributed by atoms with Gasteiger partial charge in [-0.2, -0.15) is 0 Å². The molecular formula is C26H27N5O7. The third kappa shape index (κ3) is 5.26. The maximum absolute atomic E-state index is 13.1. The summed E-state index contributed by atoms with van der Waals surface area (Å²) in [5.74, 6) is -3.93. The zero-order chi connectivity index (χ0) is 27.4. The maximum Gasteiger partial charge on any atom is 0.334 e. The van der Waals surface area contributed by atoms with Gasteiger partial charge in [0.25, 0.3) is 17.6 Å². The fourth-order valence-electron chi connectivity index (χ4n) is 4.37. The van der Waals surface area contributed by atoms with Crippen LogP contribution in [-0.2, 0) is 14.4 Å². The van der Waals surface area contributed by atoms with Crippen LogP contribution in [0.15, 0.2) is 54.7 Å². The predicted octanol–water partition coefficient (Wildman–Crippen LogP) is 0.307. The van der Waals surface area contributed by atoms with Crippen LogP contribution in [0, 0.1) is 0 Å². The van der Waals surface area contributed by atoms with E-state index in [1.807, 2.05) is 6.07 Å². The molecule has 1 aliphatic heterocycles. The number of ketones is 1. The zero-order valence-electron chi connectivity index (χ0n) is 20.5. The van der Waals surface area contributed by atoms with Gasteiger partial charge in [0.2, 0.25) is 5.91 Å². The number of carbonyl (C=O) groups is 5. The van der Waals surface area contributed by atoms with Crippen molar-refractivity contribution in [3.05, 3.63) is 65.9 Å². The molecule has 0 aliphatic carbocycles. The van der Waals surface area contributed by atoms with E-state index in [-0.39, 0.29) is 30.2 Å². The van der Waals surface area contributed by atoms with Crippen LogP contribution in [0.1, 0.15) is 20.7 Å². The first-order valence-corrected chi connectivity index (χ1v) is 11.9. The fourth-order valence-corrected chi connectivity index (χ4v) is 4.37. The molecule has 198 valence electrons. The van der Waals surface area contributed by atoms with E-state index in [4.69, 9.17) is 5.11 Å². The molecule has 12 heteroatoms. The van der Waals surface area contributed by atoms with Crippen molar-refractivity contribution in [2.24, 2.45) is 0 Å². The number of para-hydroxylation sites is 1. The topological polar surface area (TPSA) is 172 Å². The van der Waals surface area contributed by atoms with E-state index in [2.05, 4.69) is 15.6 Å². The third-order valence-corrected chi connectivity index (χ3v) is 6.45. The number of amides is 3. The van der Waals surface area contributed by atoms with E-state index in [0.717, 1.165) is 0 Å². The van der Waals surface area contributed by atoms with Crippen molar-refractivity contribution in [2.75, 3.05) is 38.5 Å². The van der Waals surface area contributed by atoms with Crippen molar-refractivity contribution < 1.29 is 34.2 Å². The molecular weight excluding hydrogens is 494 g/mol. The SMILES string of the molecule is CNC(C(=O)Nc1cccc2c(C(=O)C(=O)N3CCN(C(=O)c4ccccc4)CC3)c[nH]c12)C(O)C(=O)O. The largest absolute Gasteiger partial charge is 0.479 e. The molecule has 12 nitrogen and oxygen atoms in total. The number of nitrogens with one attached hydrogen (secondary N) is 3. The number of aromatic nitrogens is 1. The molecule has 1 saturated heterocycles. The van der Waals surface area contributed by atoms with Gasteiger partial charge in [-0.1, -0.05) is 30.3 Å². The molecule has 1 aromatic heterocycles. The Morgan fingerprint density at radius 3 is 2.21 bits per heavy atom. The minimum Gasteiger partial charge on any atom is -0.479 e. The Hall–Kier alpha value is -4.55. The summed E-state index contributed by atoms with van der Waals surface area (Å²) in [5, 5.41) is 24.2. The second-order valence-electron chi connectivity index (χ2n) is 8.75. The summed E-state index contributed by atoms with van der Waals surface area (Å²) in [6.45, 7) is 1.02. The molecule has 3 amide bonds. The monoisotopic (exact) mass is 521 g/mol. The number of hydrogen-bond donors (Lipinski definition) is 5. The van der Waals surface area contributed by atoms with Crippen LogP contribution in [0.3, 0.4) is 0 Å². The molecule has 0 bridgehead atoms. The molecule has 1 fully saturated rings. The summed E-state index contributed by atoms with van der Waals surface area (Å²) < 4.78 is 0. The van der Waals surface area contributed by atoms with Crippen LogP contribution in [0.4, 0.5) is 5.69 Å². The first kappa shape index (κ1) is 26.5. The molecule has 2 atom stereocenters. The van der Waals surface area contributed by atoms with Crippen LogP contribution in [0.2, 0.25) is 0 Å². The number of likely N-dealkylation sites (N-methyl/N-ethyl adjacent to an activating group) is 1. The number of Topliss-reactive ketones (excluding diaryl/α,β-unsaturated/α-hetero) is 1. The highest BCUT2D eigenvalue weighted by atomic mass is 16.4. The van der Waals surface area contributed by atoms with E-state index in [1.165, 1.54) is 24.2 Å². The lowest BCUT2D eigenvalue weighted by Crippen LogP contribution is -2.52. The summed E-state index contributed by atoms with van der Waals surface area (Å²) in [7, 11) is 1.34. The summed E-state index contributed by atoms with van der Waals surface area (Å²) in [6, 6.07) is 12.1. The summed E-state index contributed by atoms with van der Waals surface area (Å²) in [6.07, 6.45) is -0.599. The number of anilines is 1. The van der Waals surface area contributed by atoms with E-state index < -0.39 is 35.7 Å². The molecule has 2 aromatic carbocycles. The number of carboxylic acid groups (broad SMARTS) is 1. The Morgan fingerprint density at radius 1 is 0.921 bits per heavy atom. The van der Waals surface area contributed by atoms with Crippen LogP contribution in [0.25, 0.3) is 10.9 Å². The number of aliphatic hydroxyl groups is 1. The Kier molecular flexibility index (Phi) is 7.84. The molecule has 4 rings (SSSR count). The van der Waals surface area contributed by atoms with Crippen molar-refractivity contribution in [1.29, 1.82) is 0 Å². The van der Waals surface area contributed by atoms with Gasteiger partial charge < -0.3 is 35.6 Å². The number of nitrogens with zero attached hydrogens (tertiary/aromatic N) is 2. The Labute approximate surface area is 217 Å². The van der Waals surface area contributed by atoms with Gasteiger partial charge in [-0.15, -0.1) is 0 Å². The number of rotatable bonds is 8. The first-order chi connectivity index (χ1) is 18.2. The summed E-state index contributed by atoms with van der Waals surface area (Å²) in [5.41, 5.74) is 1.27. The third-order valence-electron chi connectivity index (χ3n) is 6.45. The number of carboxylic acids is 1. The average Bonchev–Trinajstić information content (AvgIpc) is 3.38. The number of hydrogen-bond acceptors (Lipinski definition) is 7. The smallest absolute Gasteiger partial charge is 0.334 e. The minimum atomic E-state index is -1.97. The lowest BCUT2D eigenvalue weighted by atomic mass is 10.1. The van der Waals surface area contributed by atoms with E-state index in [9.17, 15) is 29.1 Å². The number of carbonyl (C=O) groups excluding carboxylic acids is 4. The number of fused-ring (bicyclic) bond motifs is 1. The van der Waals surface area contributed by atoms with Gasteiger partial charge in [-0.3, -0.25) is 19.2 Å². The van der Waals surface area contributed by atoms with Crippen LogP contribution in [0.5, 0.6) is 0 Å². The molecule has 2 unspecified atom stereocenters. The Balaban J connectivity index is 1.45. The van der Waals surface area contributed by atoms with Gasteiger partial charge >= 0.3 is 5.97 Å². The molecule has 2 heterocycles. The Bertz CT molecular complexity index is 1380. The van der Waals surface area contributed by atoms with Gasteiger partial charge in [0.15, 0.2) is 6.10 Å². The number of benzene rings is 2. The van der Waals surface area contributed by atoms with Gasteiger partial charge in [0.1, 0.15) is 6.04 Å². The van der Waals surface area contributed by atoms with Crippen molar-refractivity contribution >= 4 is 46.1 Å². The molecule has 0 spiro atoms. The molecule has 38 heavy (non-hydrogen) atoms. The molecule has 5 N–H and O–H groups in total. The highest BCUT2D eigenvalue weighted by molar-refractivity contribution is 6.45. The lowest BCUT2D eigenvalue weighted by Gasteiger charge is -2.34. The zero-order valence-corrected chi connectivity index (χ0v) is 20.5. The second-order valence-corrected chi connectivity index (χ2v) is 8.75. The van der Waals surface area contributed by atoms with Crippen molar-refractivity contribution in [3.8, 4) is 0 Å². The maximum atomic E-state index is 13.1. The van der Waals surface area contributed by atoms with Crippen LogP contribution < -0.4 is 10.6 Å². The molecule has 1 aliphatic rings. The predicted molar refractivity (Wildman–Crippen MR) is 137 cm³/mol. The quantitative estimate of drug-likeness (QED) is 0.208. The van der Waals surface area contributed by atoms with Crippen molar-refractivity contribution in [2.45, 2.75) is 12.1 Å². The molecule has 0 radical (unpaired) electrons. The molecule has 0 saturated carbocycles. The van der Waals surface area contributed by atoms with E-state index in [0.29, 0.717) is 29.6 Å². The van der Waals surface area contributed by atoms with Crippen molar-refractivity contribution in [3.63, 3.8) is 0 Å². The normalized spacial score (nSPS) is 15.1. The highest BCUT2D eigenvalue weighted by Crippen LogP contribution is 2.26. The van der Waals surface area contributed by atoms with Gasteiger partial charge in [-0.05, 0) is 25.2 Å².